The highest BCUT2D eigenvalue weighted by atomic mass is 32.2. The first-order valence-electron chi connectivity index (χ1n) is 8.45. The van der Waals surface area contributed by atoms with Crippen molar-refractivity contribution in [2.24, 2.45) is 5.92 Å². The Morgan fingerprint density at radius 2 is 1.88 bits per heavy atom. The smallest absolute Gasteiger partial charge is 0.337 e. The van der Waals surface area contributed by atoms with E-state index in [4.69, 9.17) is 4.74 Å². The molecule has 144 valence electrons. The molecule has 0 amide bonds. The van der Waals surface area contributed by atoms with E-state index in [0.29, 0.717) is 18.4 Å². The van der Waals surface area contributed by atoms with E-state index in [1.807, 2.05) is 0 Å². The molecule has 1 aliphatic carbocycles. The number of carbonyl (C=O) groups excluding carboxylic acids is 2. The lowest BCUT2D eigenvalue weighted by molar-refractivity contribution is -0.149. The Kier molecular flexibility index (Phi) is 6.08. The molecule has 0 unspecified atom stereocenters. The van der Waals surface area contributed by atoms with Crippen molar-refractivity contribution in [2.45, 2.75) is 50.0 Å². The summed E-state index contributed by atoms with van der Waals surface area (Å²) in [5.41, 5.74) is -0.216. The summed E-state index contributed by atoms with van der Waals surface area (Å²) in [6.45, 7) is 3.35. The predicted octanol–water partition coefficient (Wildman–Crippen LogP) is 2.18. The molecule has 1 N–H and O–H groups in total. The Morgan fingerprint density at radius 3 is 2.46 bits per heavy atom. The molecule has 1 aromatic rings. The van der Waals surface area contributed by atoms with E-state index < -0.39 is 33.4 Å². The molecule has 2 rings (SSSR count). The van der Waals surface area contributed by atoms with Crippen LogP contribution in [0.5, 0.6) is 0 Å². The average molecular weight is 383 g/mol. The first-order valence-corrected chi connectivity index (χ1v) is 9.93. The molecular weight excluding hydrogens is 358 g/mol. The lowest BCUT2D eigenvalue weighted by Gasteiger charge is -2.40. The highest BCUT2D eigenvalue weighted by Gasteiger charge is 2.44. The highest BCUT2D eigenvalue weighted by Crippen LogP contribution is 2.36. The molecule has 0 saturated heterocycles. The first kappa shape index (κ1) is 20.4. The fourth-order valence-corrected chi connectivity index (χ4v) is 5.23. The molecule has 1 aromatic carbocycles. The maximum atomic E-state index is 13.0. The molecule has 0 radical (unpaired) electrons. The van der Waals surface area contributed by atoms with E-state index in [1.165, 1.54) is 32.4 Å². The summed E-state index contributed by atoms with van der Waals surface area (Å²) >= 11 is 0. The molecule has 1 aliphatic rings. The van der Waals surface area contributed by atoms with E-state index in [1.54, 1.807) is 13.8 Å². The van der Waals surface area contributed by atoms with Crippen molar-refractivity contribution in [1.29, 1.82) is 0 Å². The molecule has 8 heteroatoms. The van der Waals surface area contributed by atoms with Gasteiger partial charge in [0, 0.05) is 5.54 Å². The number of methoxy groups -OCH3 is 2. The fraction of sp³-hybridized carbons (Fsp3) is 0.556. The van der Waals surface area contributed by atoms with Crippen molar-refractivity contribution in [2.75, 3.05) is 14.2 Å². The van der Waals surface area contributed by atoms with Crippen LogP contribution in [0, 0.1) is 12.8 Å². The second-order valence-corrected chi connectivity index (χ2v) is 8.47. The van der Waals surface area contributed by atoms with Crippen LogP contribution in [-0.2, 0) is 24.3 Å². The van der Waals surface area contributed by atoms with Crippen LogP contribution in [-0.4, -0.2) is 40.1 Å². The molecule has 0 aromatic heterocycles. The van der Waals surface area contributed by atoms with E-state index in [2.05, 4.69) is 9.46 Å². The van der Waals surface area contributed by atoms with Gasteiger partial charge in [-0.15, -0.1) is 0 Å². The van der Waals surface area contributed by atoms with Gasteiger partial charge in [0.15, 0.2) is 0 Å². The monoisotopic (exact) mass is 383 g/mol. The Bertz CT molecular complexity index is 804. The summed E-state index contributed by atoms with van der Waals surface area (Å²) in [5.74, 6) is -1.48. The highest BCUT2D eigenvalue weighted by molar-refractivity contribution is 7.89. The van der Waals surface area contributed by atoms with Gasteiger partial charge in [-0.2, -0.15) is 0 Å². The second kappa shape index (κ2) is 7.75. The van der Waals surface area contributed by atoms with Crippen molar-refractivity contribution >= 4 is 22.0 Å². The molecule has 1 fully saturated rings. The van der Waals surface area contributed by atoms with Crippen LogP contribution in [0.15, 0.2) is 23.1 Å². The molecule has 26 heavy (non-hydrogen) atoms. The molecule has 7 nitrogen and oxygen atoms in total. The zero-order valence-electron chi connectivity index (χ0n) is 15.5. The number of carbonyl (C=O) groups is 2. The van der Waals surface area contributed by atoms with E-state index >= 15 is 0 Å². The first-order chi connectivity index (χ1) is 12.1. The number of hydrogen-bond acceptors (Lipinski definition) is 6. The lowest BCUT2D eigenvalue weighted by atomic mass is 9.74. The lowest BCUT2D eigenvalue weighted by Crippen LogP contribution is -2.55. The zero-order valence-corrected chi connectivity index (χ0v) is 16.3. The number of hydrogen-bond donors (Lipinski definition) is 1. The van der Waals surface area contributed by atoms with E-state index in [9.17, 15) is 18.0 Å². The topological polar surface area (TPSA) is 98.8 Å². The standard InChI is InChI=1S/C18H25NO6S/c1-12-11-13(16(20)24-3)8-9-15(12)26(22,23)19-18(2)10-6-5-7-14(18)17(21)25-4/h8-9,11,14,19H,5-7,10H2,1-4H3/t14-,18+/m0/s1. The minimum atomic E-state index is -3.88. The largest absolute Gasteiger partial charge is 0.469 e. The summed E-state index contributed by atoms with van der Waals surface area (Å²) in [6, 6.07) is 4.26. The van der Waals surface area contributed by atoms with Crippen molar-refractivity contribution in [1.82, 2.24) is 4.72 Å². The number of benzene rings is 1. The van der Waals surface area contributed by atoms with Gasteiger partial charge in [0.2, 0.25) is 10.0 Å². The summed E-state index contributed by atoms with van der Waals surface area (Å²) in [5, 5.41) is 0. The maximum Gasteiger partial charge on any atom is 0.337 e. The quantitative estimate of drug-likeness (QED) is 0.783. The van der Waals surface area contributed by atoms with Gasteiger partial charge in [0.25, 0.3) is 0 Å². The predicted molar refractivity (Wildman–Crippen MR) is 95.2 cm³/mol. The maximum absolute atomic E-state index is 13.0. The van der Waals surface area contributed by atoms with Gasteiger partial charge in [-0.3, -0.25) is 4.79 Å². The number of sulfonamides is 1. The number of nitrogens with one attached hydrogen (secondary N) is 1. The summed E-state index contributed by atoms with van der Waals surface area (Å²) in [7, 11) is -1.31. The minimum absolute atomic E-state index is 0.0700. The Hall–Kier alpha value is -1.93. The number of rotatable bonds is 5. The van der Waals surface area contributed by atoms with E-state index in [0.717, 1.165) is 12.8 Å². The summed E-state index contributed by atoms with van der Waals surface area (Å²) in [4.78, 5) is 23.8. The van der Waals surface area contributed by atoms with Crippen LogP contribution in [0.25, 0.3) is 0 Å². The second-order valence-electron chi connectivity index (χ2n) is 6.82. The summed E-state index contributed by atoms with van der Waals surface area (Å²) < 4.78 is 38.1. The van der Waals surface area contributed by atoms with Crippen molar-refractivity contribution in [3.05, 3.63) is 29.3 Å². The molecule has 0 spiro atoms. The molecule has 0 heterocycles. The Balaban J connectivity index is 2.35. The molecule has 0 aliphatic heterocycles. The Morgan fingerprint density at radius 1 is 1.19 bits per heavy atom. The molecule has 1 saturated carbocycles. The van der Waals surface area contributed by atoms with Gasteiger partial charge >= 0.3 is 11.9 Å². The van der Waals surface area contributed by atoms with Gasteiger partial charge in [0.05, 0.1) is 30.6 Å². The third-order valence-electron chi connectivity index (χ3n) is 4.95. The van der Waals surface area contributed by atoms with Gasteiger partial charge < -0.3 is 9.47 Å². The van der Waals surface area contributed by atoms with Crippen LogP contribution in [0.1, 0.15) is 48.5 Å². The van der Waals surface area contributed by atoms with Crippen molar-refractivity contribution < 1.29 is 27.5 Å². The Labute approximate surface area is 154 Å². The molecular formula is C18H25NO6S. The number of esters is 2. The van der Waals surface area contributed by atoms with Crippen LogP contribution in [0.2, 0.25) is 0 Å². The van der Waals surface area contributed by atoms with Crippen LogP contribution in [0.3, 0.4) is 0 Å². The molecule has 2 atom stereocenters. The third kappa shape index (κ3) is 4.07. The zero-order chi connectivity index (χ0) is 19.5. The van der Waals surface area contributed by atoms with E-state index in [-0.39, 0.29) is 10.5 Å². The van der Waals surface area contributed by atoms with Crippen LogP contribution in [0.4, 0.5) is 0 Å². The minimum Gasteiger partial charge on any atom is -0.469 e. The molecule has 0 bridgehead atoms. The van der Waals surface area contributed by atoms with Crippen molar-refractivity contribution in [3.63, 3.8) is 0 Å². The number of aryl methyl sites for hydroxylation is 1. The summed E-state index contributed by atoms with van der Waals surface area (Å²) in [6.07, 6.45) is 2.80. The normalized spacial score (nSPS) is 23.3. The average Bonchev–Trinajstić information content (AvgIpc) is 2.59. The van der Waals surface area contributed by atoms with Gasteiger partial charge in [-0.05, 0) is 50.5 Å². The van der Waals surface area contributed by atoms with Crippen LogP contribution >= 0.6 is 0 Å². The SMILES string of the molecule is COC(=O)c1ccc(S(=O)(=O)N[C@]2(C)CCCC[C@H]2C(=O)OC)c(C)c1. The van der Waals surface area contributed by atoms with Crippen LogP contribution < -0.4 is 4.72 Å². The third-order valence-corrected chi connectivity index (χ3v) is 6.72. The van der Waals surface area contributed by atoms with Gasteiger partial charge in [-0.1, -0.05) is 12.8 Å². The van der Waals surface area contributed by atoms with Gasteiger partial charge in [0.1, 0.15) is 0 Å². The van der Waals surface area contributed by atoms with Crippen molar-refractivity contribution in [3.8, 4) is 0 Å². The number of ether oxygens (including phenoxy) is 2. The van der Waals surface area contributed by atoms with Gasteiger partial charge in [-0.25, -0.2) is 17.9 Å². The fourth-order valence-electron chi connectivity index (χ4n) is 3.53.